The van der Waals surface area contributed by atoms with Gasteiger partial charge in [-0.05, 0) is 38.0 Å². The summed E-state index contributed by atoms with van der Waals surface area (Å²) in [5, 5.41) is 15.8. The van der Waals surface area contributed by atoms with E-state index in [-0.39, 0.29) is 30.5 Å². The third kappa shape index (κ3) is 3.85. The van der Waals surface area contributed by atoms with Gasteiger partial charge in [0.25, 0.3) is 11.8 Å². The number of nitrogens with one attached hydrogen (secondary N) is 2. The van der Waals surface area contributed by atoms with Crippen molar-refractivity contribution in [1.29, 1.82) is 0 Å². The van der Waals surface area contributed by atoms with Gasteiger partial charge in [0.1, 0.15) is 11.0 Å². The molecule has 174 valence electrons. The van der Waals surface area contributed by atoms with Crippen LogP contribution in [0.2, 0.25) is 0 Å². The third-order valence-corrected chi connectivity index (χ3v) is 6.99. The Bertz CT molecular complexity index is 1310. The van der Waals surface area contributed by atoms with E-state index in [4.69, 9.17) is 0 Å². The highest BCUT2D eigenvalue weighted by molar-refractivity contribution is 7.09. The molecule has 1 atom stereocenters. The van der Waals surface area contributed by atoms with Crippen LogP contribution in [0.1, 0.15) is 58.1 Å². The highest BCUT2D eigenvalue weighted by Crippen LogP contribution is 2.29. The molecule has 1 saturated heterocycles. The van der Waals surface area contributed by atoms with E-state index in [9.17, 15) is 19.2 Å². The van der Waals surface area contributed by atoms with Crippen molar-refractivity contribution in [2.24, 2.45) is 0 Å². The number of amides is 4. The van der Waals surface area contributed by atoms with E-state index in [1.165, 1.54) is 27.1 Å². The zero-order valence-electron chi connectivity index (χ0n) is 18.4. The molecule has 1 aromatic carbocycles. The molecule has 2 aliphatic rings. The first-order valence-electron chi connectivity index (χ1n) is 10.7. The fourth-order valence-electron chi connectivity index (χ4n) is 4.11. The molecular formula is C22H21N7O4S. The molecule has 4 heterocycles. The van der Waals surface area contributed by atoms with Gasteiger partial charge in [-0.1, -0.05) is 11.3 Å². The molecule has 0 bridgehead atoms. The van der Waals surface area contributed by atoms with Crippen LogP contribution in [0.25, 0.3) is 5.69 Å². The molecule has 12 heteroatoms. The number of rotatable bonds is 5. The number of aromatic nitrogens is 4. The summed E-state index contributed by atoms with van der Waals surface area (Å²) in [4.78, 5) is 55.2. The zero-order chi connectivity index (χ0) is 24.0. The highest BCUT2D eigenvalue weighted by atomic mass is 32.1. The van der Waals surface area contributed by atoms with Gasteiger partial charge < -0.3 is 10.2 Å². The topological polar surface area (TPSA) is 139 Å². The van der Waals surface area contributed by atoms with E-state index in [0.29, 0.717) is 17.7 Å². The Kier molecular flexibility index (Phi) is 5.24. The van der Waals surface area contributed by atoms with Crippen molar-refractivity contribution in [2.45, 2.75) is 44.8 Å². The van der Waals surface area contributed by atoms with Gasteiger partial charge in [-0.2, -0.15) is 0 Å². The number of fused-ring (bicyclic) bond motifs is 1. The maximum atomic E-state index is 13.0. The van der Waals surface area contributed by atoms with E-state index in [1.807, 2.05) is 19.2 Å². The number of benzene rings is 1. The average molecular weight is 480 g/mol. The lowest BCUT2D eigenvalue weighted by molar-refractivity contribution is -0.136. The van der Waals surface area contributed by atoms with Gasteiger partial charge in [-0.25, -0.2) is 9.67 Å². The monoisotopic (exact) mass is 479 g/mol. The molecule has 1 fully saturated rings. The molecule has 1 unspecified atom stereocenters. The number of nitrogens with zero attached hydrogens (tertiary/aromatic N) is 5. The summed E-state index contributed by atoms with van der Waals surface area (Å²) in [6.07, 6.45) is 3.67. The summed E-state index contributed by atoms with van der Waals surface area (Å²) >= 11 is 1.45. The second-order valence-corrected chi connectivity index (χ2v) is 9.60. The summed E-state index contributed by atoms with van der Waals surface area (Å²) in [7, 11) is 0. The number of thiazole rings is 1. The molecule has 0 aliphatic carbocycles. The maximum absolute atomic E-state index is 13.0. The molecule has 0 radical (unpaired) electrons. The lowest BCUT2D eigenvalue weighted by Gasteiger charge is -2.29. The van der Waals surface area contributed by atoms with Crippen LogP contribution in [-0.4, -0.2) is 54.5 Å². The lowest BCUT2D eigenvalue weighted by Crippen LogP contribution is -2.52. The van der Waals surface area contributed by atoms with Crippen LogP contribution < -0.4 is 10.6 Å². The minimum Gasteiger partial charge on any atom is -0.339 e. The summed E-state index contributed by atoms with van der Waals surface area (Å²) in [5.41, 5.74) is 1.24. The van der Waals surface area contributed by atoms with Crippen LogP contribution in [0.4, 0.5) is 0 Å². The largest absolute Gasteiger partial charge is 0.339 e. The molecule has 5 rings (SSSR count). The Morgan fingerprint density at radius 3 is 2.82 bits per heavy atom. The smallest absolute Gasteiger partial charge is 0.274 e. The molecule has 2 aliphatic heterocycles. The number of piperidine rings is 1. The summed E-state index contributed by atoms with van der Waals surface area (Å²) in [6, 6.07) is 4.56. The van der Waals surface area contributed by atoms with Crippen LogP contribution in [0.15, 0.2) is 36.0 Å². The highest BCUT2D eigenvalue weighted by Gasteiger charge is 2.39. The van der Waals surface area contributed by atoms with Crippen molar-refractivity contribution < 1.29 is 19.2 Å². The number of hydrogen-bond donors (Lipinski definition) is 2. The second-order valence-electron chi connectivity index (χ2n) is 8.71. The first-order valence-corrected chi connectivity index (χ1v) is 11.5. The fraction of sp³-hybridized carbons (Fsp3) is 0.318. The van der Waals surface area contributed by atoms with Crippen molar-refractivity contribution in [1.82, 2.24) is 35.5 Å². The maximum Gasteiger partial charge on any atom is 0.274 e. The minimum atomic E-state index is -0.677. The SMILES string of the molecule is CC(C)(NC(=O)c1cn(-c2ccc3c(c2)C(=O)N(C2CCC(=O)NC2=O)C3)nn1)c1nccs1. The van der Waals surface area contributed by atoms with Gasteiger partial charge in [0, 0.05) is 30.1 Å². The Labute approximate surface area is 198 Å². The predicted octanol–water partition coefficient (Wildman–Crippen LogP) is 1.15. The lowest BCUT2D eigenvalue weighted by atomic mass is 10.0. The molecule has 2 N–H and O–H groups in total. The van der Waals surface area contributed by atoms with Crippen LogP contribution in [-0.2, 0) is 21.7 Å². The van der Waals surface area contributed by atoms with Gasteiger partial charge in [-0.3, -0.25) is 24.5 Å². The predicted molar refractivity (Wildman–Crippen MR) is 120 cm³/mol. The molecule has 2 aromatic heterocycles. The standard InChI is InChI=1S/C22H21N7O4S/c1-22(2,21-23-7-8-34-21)25-18(31)15-11-29(27-26-15)13-4-3-12-10-28(20(33)14(12)9-13)16-5-6-17(30)24-19(16)32/h3-4,7-9,11,16H,5-6,10H2,1-2H3,(H,25,31)(H,24,30,32). The molecule has 0 saturated carbocycles. The van der Waals surface area contributed by atoms with E-state index in [1.54, 1.807) is 24.4 Å². The number of carbonyl (C=O) groups is 4. The normalized spacial score (nSPS) is 18.1. The molecule has 3 aromatic rings. The van der Waals surface area contributed by atoms with Gasteiger partial charge >= 0.3 is 0 Å². The Balaban J connectivity index is 1.33. The number of imide groups is 1. The zero-order valence-corrected chi connectivity index (χ0v) is 19.3. The van der Waals surface area contributed by atoms with Crippen molar-refractivity contribution in [2.75, 3.05) is 0 Å². The van der Waals surface area contributed by atoms with Crippen molar-refractivity contribution in [3.63, 3.8) is 0 Å². The fourth-order valence-corrected chi connectivity index (χ4v) is 4.83. The number of hydrogen-bond acceptors (Lipinski definition) is 8. The van der Waals surface area contributed by atoms with Crippen LogP contribution >= 0.6 is 11.3 Å². The Morgan fingerprint density at radius 1 is 1.26 bits per heavy atom. The first-order chi connectivity index (χ1) is 16.2. The summed E-state index contributed by atoms with van der Waals surface area (Å²) < 4.78 is 1.42. The van der Waals surface area contributed by atoms with Crippen LogP contribution in [0, 0.1) is 0 Å². The Morgan fingerprint density at radius 2 is 2.09 bits per heavy atom. The Hall–Kier alpha value is -3.93. The summed E-state index contributed by atoms with van der Waals surface area (Å²) in [6.45, 7) is 4.00. The third-order valence-electron chi connectivity index (χ3n) is 5.90. The van der Waals surface area contributed by atoms with Gasteiger partial charge in [-0.15, -0.1) is 16.4 Å². The van der Waals surface area contributed by atoms with E-state index >= 15 is 0 Å². The molecular weight excluding hydrogens is 458 g/mol. The summed E-state index contributed by atoms with van der Waals surface area (Å²) in [5.74, 6) is -1.46. The van der Waals surface area contributed by atoms with Gasteiger partial charge in [0.15, 0.2) is 5.69 Å². The van der Waals surface area contributed by atoms with E-state index < -0.39 is 23.4 Å². The van der Waals surface area contributed by atoms with Gasteiger partial charge in [0.2, 0.25) is 11.8 Å². The van der Waals surface area contributed by atoms with Crippen molar-refractivity contribution >= 4 is 35.0 Å². The average Bonchev–Trinajstić information content (AvgIpc) is 3.55. The van der Waals surface area contributed by atoms with E-state index in [0.717, 1.165) is 10.6 Å². The quantitative estimate of drug-likeness (QED) is 0.523. The second kappa shape index (κ2) is 8.13. The van der Waals surface area contributed by atoms with Gasteiger partial charge in [0.05, 0.1) is 17.4 Å². The molecule has 4 amide bonds. The molecule has 11 nitrogen and oxygen atoms in total. The minimum absolute atomic E-state index is 0.127. The van der Waals surface area contributed by atoms with E-state index in [2.05, 4.69) is 25.9 Å². The molecule has 0 spiro atoms. The first kappa shape index (κ1) is 21.9. The molecule has 34 heavy (non-hydrogen) atoms. The van der Waals surface area contributed by atoms with Crippen molar-refractivity contribution in [3.8, 4) is 5.69 Å². The van der Waals surface area contributed by atoms with Crippen LogP contribution in [0.3, 0.4) is 0 Å². The van der Waals surface area contributed by atoms with Crippen LogP contribution in [0.5, 0.6) is 0 Å². The number of carbonyl (C=O) groups excluding carboxylic acids is 4. The van der Waals surface area contributed by atoms with Crippen molar-refractivity contribution in [3.05, 3.63) is 57.8 Å².